The Bertz CT molecular complexity index is 411. The van der Waals surface area contributed by atoms with Gasteiger partial charge in [0.2, 0.25) is 0 Å². The first-order valence-corrected chi connectivity index (χ1v) is 7.64. The van der Waals surface area contributed by atoms with Gasteiger partial charge in [0.1, 0.15) is 5.75 Å². The van der Waals surface area contributed by atoms with Crippen molar-refractivity contribution in [2.45, 2.75) is 25.9 Å². The van der Waals surface area contributed by atoms with Gasteiger partial charge in [0, 0.05) is 4.47 Å². The smallest absolute Gasteiger partial charge is 0.119 e. The number of hydrogen-bond acceptors (Lipinski definition) is 3. The van der Waals surface area contributed by atoms with Crippen LogP contribution in [0, 0.1) is 11.8 Å². The highest BCUT2D eigenvalue weighted by Crippen LogP contribution is 2.31. The zero-order valence-corrected chi connectivity index (χ0v) is 13.0. The Morgan fingerprint density at radius 3 is 2.84 bits per heavy atom. The Kier molecular flexibility index (Phi) is 5.67. The largest absolute Gasteiger partial charge is 0.497 e. The normalized spacial score (nSPS) is 22.7. The van der Waals surface area contributed by atoms with Crippen molar-refractivity contribution in [3.63, 3.8) is 0 Å². The number of halogens is 1. The van der Waals surface area contributed by atoms with Crippen LogP contribution in [0.4, 0.5) is 0 Å². The second-order valence-electron chi connectivity index (χ2n) is 5.16. The fourth-order valence-corrected chi connectivity index (χ4v) is 3.11. The van der Waals surface area contributed by atoms with Gasteiger partial charge in [-0.15, -0.1) is 0 Å². The topological polar surface area (TPSA) is 44.5 Å². The van der Waals surface area contributed by atoms with E-state index in [1.54, 1.807) is 7.11 Å². The molecule has 4 heteroatoms. The molecule has 0 heterocycles. The van der Waals surface area contributed by atoms with Crippen LogP contribution in [-0.2, 0) is 11.3 Å². The summed E-state index contributed by atoms with van der Waals surface area (Å²) in [5.41, 5.74) is 6.92. The van der Waals surface area contributed by atoms with Gasteiger partial charge in [-0.2, -0.15) is 0 Å². The highest BCUT2D eigenvalue weighted by atomic mass is 79.9. The van der Waals surface area contributed by atoms with E-state index in [0.29, 0.717) is 18.4 Å². The highest BCUT2D eigenvalue weighted by molar-refractivity contribution is 9.10. The Morgan fingerprint density at radius 1 is 1.32 bits per heavy atom. The van der Waals surface area contributed by atoms with Crippen LogP contribution in [0.5, 0.6) is 5.75 Å². The molecule has 1 aliphatic rings. The molecule has 2 atom stereocenters. The lowest BCUT2D eigenvalue weighted by atomic mass is 9.97. The molecule has 2 N–H and O–H groups in total. The third-order valence-electron chi connectivity index (χ3n) is 3.96. The molecule has 1 fully saturated rings. The van der Waals surface area contributed by atoms with E-state index in [2.05, 4.69) is 15.9 Å². The minimum Gasteiger partial charge on any atom is -0.497 e. The standard InChI is InChI=1S/C15H22BrNO2/c1-18-14-5-6-15(16)13(7-14)10-19-9-12-4-2-3-11(12)8-17/h5-7,11-12H,2-4,8-10,17H2,1H3. The van der Waals surface area contributed by atoms with Gasteiger partial charge in [0.05, 0.1) is 20.3 Å². The van der Waals surface area contributed by atoms with Crippen LogP contribution in [0.15, 0.2) is 22.7 Å². The van der Waals surface area contributed by atoms with E-state index < -0.39 is 0 Å². The first kappa shape index (κ1) is 14.8. The van der Waals surface area contributed by atoms with Crippen molar-refractivity contribution < 1.29 is 9.47 Å². The maximum absolute atomic E-state index is 5.87. The molecule has 0 radical (unpaired) electrons. The minimum absolute atomic E-state index is 0.617. The van der Waals surface area contributed by atoms with Gasteiger partial charge in [-0.1, -0.05) is 22.4 Å². The summed E-state index contributed by atoms with van der Waals surface area (Å²) >= 11 is 3.54. The third-order valence-corrected chi connectivity index (χ3v) is 4.74. The van der Waals surface area contributed by atoms with Crippen molar-refractivity contribution in [2.75, 3.05) is 20.3 Å². The lowest BCUT2D eigenvalue weighted by Gasteiger charge is -2.18. The van der Waals surface area contributed by atoms with Crippen molar-refractivity contribution in [2.24, 2.45) is 17.6 Å². The second kappa shape index (κ2) is 7.27. The van der Waals surface area contributed by atoms with Gasteiger partial charge in [-0.05, 0) is 55.0 Å². The zero-order valence-electron chi connectivity index (χ0n) is 11.4. The SMILES string of the molecule is COc1ccc(Br)c(COCC2CCCC2CN)c1. The predicted octanol–water partition coefficient (Wildman–Crippen LogP) is 3.35. The molecular formula is C15H22BrNO2. The fourth-order valence-electron chi connectivity index (χ4n) is 2.75. The fraction of sp³-hybridized carbons (Fsp3) is 0.600. The number of nitrogens with two attached hydrogens (primary N) is 1. The molecule has 0 bridgehead atoms. The Hall–Kier alpha value is -0.580. The second-order valence-corrected chi connectivity index (χ2v) is 6.01. The van der Waals surface area contributed by atoms with Crippen LogP contribution >= 0.6 is 15.9 Å². The average Bonchev–Trinajstić information content (AvgIpc) is 2.88. The number of hydrogen-bond donors (Lipinski definition) is 1. The van der Waals surface area contributed by atoms with E-state index in [9.17, 15) is 0 Å². The van der Waals surface area contributed by atoms with Crippen LogP contribution in [0.2, 0.25) is 0 Å². The van der Waals surface area contributed by atoms with E-state index in [1.165, 1.54) is 19.3 Å². The van der Waals surface area contributed by atoms with Gasteiger partial charge >= 0.3 is 0 Å². The number of methoxy groups -OCH3 is 1. The molecule has 0 aromatic heterocycles. The van der Waals surface area contributed by atoms with Crippen LogP contribution < -0.4 is 10.5 Å². The monoisotopic (exact) mass is 327 g/mol. The van der Waals surface area contributed by atoms with Gasteiger partial charge < -0.3 is 15.2 Å². The molecule has 0 spiro atoms. The number of rotatable bonds is 6. The summed E-state index contributed by atoms with van der Waals surface area (Å²) in [6, 6.07) is 5.95. The van der Waals surface area contributed by atoms with Gasteiger partial charge in [-0.25, -0.2) is 0 Å². The number of ether oxygens (including phenoxy) is 2. The molecule has 3 nitrogen and oxygen atoms in total. The quantitative estimate of drug-likeness (QED) is 0.871. The summed E-state index contributed by atoms with van der Waals surface area (Å²) in [7, 11) is 1.68. The van der Waals surface area contributed by atoms with Crippen molar-refractivity contribution >= 4 is 15.9 Å². The van der Waals surface area contributed by atoms with Crippen LogP contribution in [0.25, 0.3) is 0 Å². The van der Waals surface area contributed by atoms with Gasteiger partial charge in [-0.3, -0.25) is 0 Å². The van der Waals surface area contributed by atoms with Gasteiger partial charge in [0.15, 0.2) is 0 Å². The van der Waals surface area contributed by atoms with Crippen LogP contribution in [0.3, 0.4) is 0 Å². The minimum atomic E-state index is 0.617. The Balaban J connectivity index is 1.85. The molecular weight excluding hydrogens is 306 g/mol. The van der Waals surface area contributed by atoms with Gasteiger partial charge in [0.25, 0.3) is 0 Å². The van der Waals surface area contributed by atoms with Crippen LogP contribution in [-0.4, -0.2) is 20.3 Å². The molecule has 19 heavy (non-hydrogen) atoms. The molecule has 106 valence electrons. The molecule has 2 unspecified atom stereocenters. The number of benzene rings is 1. The summed E-state index contributed by atoms with van der Waals surface area (Å²) in [4.78, 5) is 0. The van der Waals surface area contributed by atoms with Crippen molar-refractivity contribution in [1.29, 1.82) is 0 Å². The summed E-state index contributed by atoms with van der Waals surface area (Å²) in [5, 5.41) is 0. The highest BCUT2D eigenvalue weighted by Gasteiger charge is 2.25. The molecule has 0 aliphatic heterocycles. The summed E-state index contributed by atoms with van der Waals surface area (Å²) in [6.45, 7) is 2.22. The van der Waals surface area contributed by atoms with Crippen LogP contribution in [0.1, 0.15) is 24.8 Å². The van der Waals surface area contributed by atoms with Crippen molar-refractivity contribution in [1.82, 2.24) is 0 Å². The molecule has 2 rings (SSSR count). The lowest BCUT2D eigenvalue weighted by Crippen LogP contribution is -2.22. The molecule has 1 aliphatic carbocycles. The average molecular weight is 328 g/mol. The molecule has 1 saturated carbocycles. The summed E-state index contributed by atoms with van der Waals surface area (Å²) < 4.78 is 12.2. The van der Waals surface area contributed by atoms with Crippen molar-refractivity contribution in [3.05, 3.63) is 28.2 Å². The first-order valence-electron chi connectivity index (χ1n) is 6.84. The zero-order chi connectivity index (χ0) is 13.7. The Morgan fingerprint density at radius 2 is 2.11 bits per heavy atom. The molecule has 0 saturated heterocycles. The molecule has 1 aromatic carbocycles. The van der Waals surface area contributed by atoms with E-state index in [4.69, 9.17) is 15.2 Å². The Labute approximate surface area is 123 Å². The first-order chi connectivity index (χ1) is 9.24. The third kappa shape index (κ3) is 3.94. The van der Waals surface area contributed by atoms with E-state index >= 15 is 0 Å². The summed E-state index contributed by atoms with van der Waals surface area (Å²) in [5.74, 6) is 2.14. The van der Waals surface area contributed by atoms with E-state index in [1.807, 2.05) is 18.2 Å². The maximum Gasteiger partial charge on any atom is 0.119 e. The molecule has 0 amide bonds. The van der Waals surface area contributed by atoms with E-state index in [-0.39, 0.29) is 0 Å². The molecule has 1 aromatic rings. The lowest BCUT2D eigenvalue weighted by molar-refractivity contribution is 0.0749. The predicted molar refractivity (Wildman–Crippen MR) is 80.2 cm³/mol. The summed E-state index contributed by atoms with van der Waals surface area (Å²) in [6.07, 6.45) is 3.80. The van der Waals surface area contributed by atoms with E-state index in [0.717, 1.165) is 28.9 Å². The van der Waals surface area contributed by atoms with Crippen molar-refractivity contribution in [3.8, 4) is 5.75 Å². The maximum atomic E-state index is 5.87.